The number of nitrogens with zero attached hydrogens (tertiary/aromatic N) is 2. The summed E-state index contributed by atoms with van der Waals surface area (Å²) in [6.45, 7) is -0.395. The number of hydrogen-bond acceptors (Lipinski definition) is 1. The summed E-state index contributed by atoms with van der Waals surface area (Å²) in [6.07, 6.45) is -0.834. The Kier molecular flexibility index (Phi) is 4.50. The average molecular weight is 278 g/mol. The summed E-state index contributed by atoms with van der Waals surface area (Å²) in [6, 6.07) is 12.5. The number of hydrogen-bond donors (Lipinski definition) is 0. The maximum atomic E-state index is 12.7. The summed E-state index contributed by atoms with van der Waals surface area (Å²) in [7, 11) is 1.72. The number of rotatable bonds is 5. The third-order valence-corrected chi connectivity index (χ3v) is 3.02. The lowest BCUT2D eigenvalue weighted by atomic mass is 10.2. The third-order valence-electron chi connectivity index (χ3n) is 3.02. The highest BCUT2D eigenvalue weighted by Crippen LogP contribution is 2.12. The highest BCUT2D eigenvalue weighted by Gasteiger charge is 2.21. The molecule has 1 amide bonds. The van der Waals surface area contributed by atoms with Crippen LogP contribution in [0.2, 0.25) is 0 Å². The van der Waals surface area contributed by atoms with Crippen LogP contribution >= 0.6 is 0 Å². The predicted octanol–water partition coefficient (Wildman–Crippen LogP) is 2.93. The molecule has 2 aromatic rings. The molecule has 5 heteroatoms. The summed E-state index contributed by atoms with van der Waals surface area (Å²) < 4.78 is 27.0. The molecule has 1 aromatic heterocycles. The molecule has 0 aliphatic carbocycles. The van der Waals surface area contributed by atoms with E-state index in [4.69, 9.17) is 0 Å². The maximum absolute atomic E-state index is 12.7. The largest absolute Gasteiger partial charge is 0.347 e. The Bertz CT molecular complexity index is 566. The van der Waals surface area contributed by atoms with Crippen molar-refractivity contribution in [3.8, 4) is 0 Å². The first-order valence-corrected chi connectivity index (χ1v) is 6.30. The van der Waals surface area contributed by atoms with Gasteiger partial charge in [-0.05, 0) is 17.7 Å². The van der Waals surface area contributed by atoms with Gasteiger partial charge in [-0.3, -0.25) is 4.79 Å². The Balaban J connectivity index is 2.19. The number of amides is 1. The second-order valence-electron chi connectivity index (χ2n) is 4.57. The zero-order chi connectivity index (χ0) is 14.5. The fourth-order valence-corrected chi connectivity index (χ4v) is 2.03. The van der Waals surface area contributed by atoms with E-state index < -0.39 is 13.0 Å². The molecule has 2 rings (SSSR count). The number of aromatic nitrogens is 1. The van der Waals surface area contributed by atoms with Crippen LogP contribution in [0.4, 0.5) is 8.78 Å². The molecule has 0 atom stereocenters. The van der Waals surface area contributed by atoms with Crippen LogP contribution < -0.4 is 0 Å². The van der Waals surface area contributed by atoms with Crippen molar-refractivity contribution in [3.63, 3.8) is 0 Å². The van der Waals surface area contributed by atoms with E-state index in [1.54, 1.807) is 29.9 Å². The van der Waals surface area contributed by atoms with Gasteiger partial charge in [0, 0.05) is 19.8 Å². The fourth-order valence-electron chi connectivity index (χ4n) is 2.03. The van der Waals surface area contributed by atoms with Gasteiger partial charge in [-0.25, -0.2) is 8.78 Å². The Labute approximate surface area is 116 Å². The zero-order valence-corrected chi connectivity index (χ0v) is 11.2. The van der Waals surface area contributed by atoms with E-state index in [1.165, 1.54) is 4.90 Å². The number of carbonyl (C=O) groups excluding carboxylic acids is 1. The summed E-state index contributed by atoms with van der Waals surface area (Å²) in [5, 5.41) is 0. The maximum Gasteiger partial charge on any atom is 0.270 e. The Morgan fingerprint density at radius 2 is 1.90 bits per heavy atom. The molecule has 1 heterocycles. The molecule has 0 radical (unpaired) electrons. The van der Waals surface area contributed by atoms with Crippen LogP contribution in [0.5, 0.6) is 0 Å². The highest BCUT2D eigenvalue weighted by atomic mass is 19.3. The molecular formula is C15H16F2N2O. The lowest BCUT2D eigenvalue weighted by Crippen LogP contribution is -2.35. The summed E-state index contributed by atoms with van der Waals surface area (Å²) in [5.41, 5.74) is 1.23. The zero-order valence-electron chi connectivity index (χ0n) is 11.2. The van der Waals surface area contributed by atoms with E-state index in [0.29, 0.717) is 5.69 Å². The van der Waals surface area contributed by atoms with Gasteiger partial charge in [-0.15, -0.1) is 0 Å². The smallest absolute Gasteiger partial charge is 0.270 e. The van der Waals surface area contributed by atoms with Crippen molar-refractivity contribution in [1.82, 2.24) is 9.47 Å². The fraction of sp³-hybridized carbons (Fsp3) is 0.267. The quantitative estimate of drug-likeness (QED) is 0.825. The first kappa shape index (κ1) is 14.2. The monoisotopic (exact) mass is 278 g/mol. The molecule has 3 nitrogen and oxygen atoms in total. The minimum atomic E-state index is -2.55. The second kappa shape index (κ2) is 6.32. The molecule has 0 unspecified atom stereocenters. The standard InChI is InChI=1S/C15H16F2N2O/c1-18-9-5-8-13(18)15(20)19(11-14(16)17)10-12-6-3-2-4-7-12/h2-9,14H,10-11H2,1H3. The van der Waals surface area contributed by atoms with E-state index in [9.17, 15) is 13.6 Å². The molecule has 106 valence electrons. The van der Waals surface area contributed by atoms with Gasteiger partial charge in [0.2, 0.25) is 0 Å². The number of benzene rings is 1. The third kappa shape index (κ3) is 3.44. The van der Waals surface area contributed by atoms with Crippen molar-refractivity contribution in [2.24, 2.45) is 7.05 Å². The highest BCUT2D eigenvalue weighted by molar-refractivity contribution is 5.92. The first-order chi connectivity index (χ1) is 9.58. The summed E-state index contributed by atoms with van der Waals surface area (Å²) in [5.74, 6) is -0.387. The van der Waals surface area contributed by atoms with Gasteiger partial charge in [-0.1, -0.05) is 30.3 Å². The van der Waals surface area contributed by atoms with Gasteiger partial charge in [0.15, 0.2) is 0 Å². The molecule has 20 heavy (non-hydrogen) atoms. The van der Waals surface area contributed by atoms with Gasteiger partial charge in [0.05, 0.1) is 6.54 Å². The van der Waals surface area contributed by atoms with Crippen LogP contribution in [0, 0.1) is 0 Å². The molecule has 0 spiro atoms. The number of carbonyl (C=O) groups is 1. The molecule has 1 aromatic carbocycles. The Morgan fingerprint density at radius 3 is 2.45 bits per heavy atom. The van der Waals surface area contributed by atoms with Gasteiger partial charge >= 0.3 is 0 Å². The topological polar surface area (TPSA) is 25.2 Å². The Morgan fingerprint density at radius 1 is 1.20 bits per heavy atom. The average Bonchev–Trinajstić information content (AvgIpc) is 2.84. The molecule has 0 bridgehead atoms. The lowest BCUT2D eigenvalue weighted by Gasteiger charge is -2.22. The van der Waals surface area contributed by atoms with Crippen LogP contribution in [0.15, 0.2) is 48.7 Å². The molecule has 0 aliphatic heterocycles. The molecule has 0 N–H and O–H groups in total. The van der Waals surface area contributed by atoms with Crippen molar-refractivity contribution < 1.29 is 13.6 Å². The van der Waals surface area contributed by atoms with Crippen LogP contribution in [0.1, 0.15) is 16.1 Å². The van der Waals surface area contributed by atoms with Crippen LogP contribution in [-0.4, -0.2) is 28.3 Å². The van der Waals surface area contributed by atoms with Gasteiger partial charge < -0.3 is 9.47 Å². The SMILES string of the molecule is Cn1cccc1C(=O)N(Cc1ccccc1)CC(F)F. The van der Waals surface area contributed by atoms with Gasteiger partial charge in [-0.2, -0.15) is 0 Å². The molecule has 0 aliphatic rings. The van der Waals surface area contributed by atoms with Gasteiger partial charge in [0.25, 0.3) is 12.3 Å². The predicted molar refractivity (Wildman–Crippen MR) is 72.6 cm³/mol. The number of aryl methyl sites for hydroxylation is 1. The van der Waals surface area contributed by atoms with Crippen molar-refractivity contribution in [2.75, 3.05) is 6.54 Å². The van der Waals surface area contributed by atoms with E-state index in [-0.39, 0.29) is 12.5 Å². The van der Waals surface area contributed by atoms with E-state index >= 15 is 0 Å². The van der Waals surface area contributed by atoms with E-state index in [2.05, 4.69) is 0 Å². The van der Waals surface area contributed by atoms with E-state index in [1.807, 2.05) is 30.3 Å². The van der Waals surface area contributed by atoms with Crippen LogP contribution in [-0.2, 0) is 13.6 Å². The first-order valence-electron chi connectivity index (χ1n) is 6.30. The Hall–Kier alpha value is -2.17. The van der Waals surface area contributed by atoms with E-state index in [0.717, 1.165) is 5.56 Å². The minimum absolute atomic E-state index is 0.176. The molecule has 0 saturated heterocycles. The minimum Gasteiger partial charge on any atom is -0.347 e. The van der Waals surface area contributed by atoms with Crippen molar-refractivity contribution in [1.29, 1.82) is 0 Å². The normalized spacial score (nSPS) is 10.8. The second-order valence-corrected chi connectivity index (χ2v) is 4.57. The summed E-state index contributed by atoms with van der Waals surface area (Å²) >= 11 is 0. The van der Waals surface area contributed by atoms with Crippen LogP contribution in [0.3, 0.4) is 0 Å². The van der Waals surface area contributed by atoms with Crippen molar-refractivity contribution in [2.45, 2.75) is 13.0 Å². The lowest BCUT2D eigenvalue weighted by molar-refractivity contribution is 0.0527. The molecule has 0 saturated carbocycles. The number of halogens is 2. The number of alkyl halides is 2. The van der Waals surface area contributed by atoms with Crippen molar-refractivity contribution in [3.05, 3.63) is 59.9 Å². The van der Waals surface area contributed by atoms with Crippen LogP contribution in [0.25, 0.3) is 0 Å². The molecular weight excluding hydrogens is 262 g/mol. The summed E-state index contributed by atoms with van der Waals surface area (Å²) in [4.78, 5) is 13.5. The van der Waals surface area contributed by atoms with Crippen molar-refractivity contribution >= 4 is 5.91 Å². The molecule has 0 fully saturated rings. The van der Waals surface area contributed by atoms with Gasteiger partial charge in [0.1, 0.15) is 5.69 Å².